The van der Waals surface area contributed by atoms with Gasteiger partial charge in [-0.15, -0.1) is 11.8 Å². The van der Waals surface area contributed by atoms with Gasteiger partial charge in [-0.25, -0.2) is 23.1 Å². The molecule has 12 heteroatoms. The molecule has 1 unspecified atom stereocenters. The predicted octanol–water partition coefficient (Wildman–Crippen LogP) is 5.13. The Balaban J connectivity index is 1.53. The number of nitrogens with one attached hydrogen (secondary N) is 1. The zero-order valence-electron chi connectivity index (χ0n) is 24.4. The first-order valence-corrected chi connectivity index (χ1v) is 15.7. The zero-order chi connectivity index (χ0) is 30.7. The Bertz CT molecular complexity index is 1900. The molecule has 7 rings (SSSR count). The lowest BCUT2D eigenvalue weighted by atomic mass is 10.1. The molecule has 4 aromatic rings. The molecule has 2 atom stereocenters. The first-order valence-electron chi connectivity index (χ1n) is 14.8. The maximum absolute atomic E-state index is 16.2. The standard InChI is InChI=1S/C32H31F2N7O2S/c1-4-25(42)39-12-13-40(23-16-22(23)39)30-18-15-20(34)28-26-19(33)7-5-8-21(26)35-10-6-14-44-24-9-11-36-27(17(2)3)29(24)41(31(18)37-28)32(43)38-30/h4-5,7-9,11,15,17,22-23,35H,1,6,10,12-14,16H2,2-3H3/t22?,23-/m1/s1. The smallest absolute Gasteiger partial charge is 0.355 e. The van der Waals surface area contributed by atoms with E-state index in [2.05, 4.69) is 21.9 Å². The lowest BCUT2D eigenvalue weighted by Gasteiger charge is -2.35. The largest absolute Gasteiger partial charge is 0.384 e. The van der Waals surface area contributed by atoms with Gasteiger partial charge >= 0.3 is 5.69 Å². The topological polar surface area (TPSA) is 96.3 Å². The van der Waals surface area contributed by atoms with Crippen molar-refractivity contribution in [3.8, 4) is 16.9 Å². The van der Waals surface area contributed by atoms with Gasteiger partial charge in [0.25, 0.3) is 0 Å². The van der Waals surface area contributed by atoms with Crippen molar-refractivity contribution in [2.75, 3.05) is 35.6 Å². The molecule has 3 aromatic heterocycles. The van der Waals surface area contributed by atoms with Gasteiger partial charge in [0.2, 0.25) is 5.91 Å². The van der Waals surface area contributed by atoms with E-state index in [1.54, 1.807) is 35.0 Å². The summed E-state index contributed by atoms with van der Waals surface area (Å²) >= 11 is 1.59. The minimum atomic E-state index is -0.730. The van der Waals surface area contributed by atoms with Crippen molar-refractivity contribution < 1.29 is 13.6 Å². The van der Waals surface area contributed by atoms with Gasteiger partial charge in [-0.05, 0) is 54.9 Å². The molecule has 226 valence electrons. The number of pyridine rings is 2. The molecular formula is C32H31F2N7O2S. The van der Waals surface area contributed by atoms with Crippen molar-refractivity contribution in [2.45, 2.75) is 49.6 Å². The summed E-state index contributed by atoms with van der Waals surface area (Å²) in [6.07, 6.45) is 4.47. The average molecular weight is 616 g/mol. The highest BCUT2D eigenvalue weighted by atomic mass is 32.2. The van der Waals surface area contributed by atoms with E-state index in [-0.39, 0.29) is 40.8 Å². The second-order valence-corrected chi connectivity index (χ2v) is 12.7. The van der Waals surface area contributed by atoms with Gasteiger partial charge in [-0.2, -0.15) is 4.98 Å². The van der Waals surface area contributed by atoms with Crippen LogP contribution in [-0.2, 0) is 4.79 Å². The van der Waals surface area contributed by atoms with Crippen LogP contribution < -0.4 is 15.9 Å². The van der Waals surface area contributed by atoms with Crippen LogP contribution in [0, 0.1) is 11.6 Å². The molecule has 1 saturated carbocycles. The summed E-state index contributed by atoms with van der Waals surface area (Å²) in [4.78, 5) is 45.2. The van der Waals surface area contributed by atoms with Crippen LogP contribution in [0.3, 0.4) is 0 Å². The molecule has 1 amide bonds. The number of nitrogens with zero attached hydrogens (tertiary/aromatic N) is 6. The second kappa shape index (κ2) is 11.0. The van der Waals surface area contributed by atoms with Crippen LogP contribution in [0.1, 0.15) is 38.3 Å². The predicted molar refractivity (Wildman–Crippen MR) is 168 cm³/mol. The van der Waals surface area contributed by atoms with Crippen LogP contribution in [0.4, 0.5) is 20.3 Å². The Morgan fingerprint density at radius 3 is 2.80 bits per heavy atom. The maximum atomic E-state index is 16.2. The van der Waals surface area contributed by atoms with E-state index in [1.165, 1.54) is 22.8 Å². The van der Waals surface area contributed by atoms with Crippen molar-refractivity contribution in [3.05, 3.63) is 77.0 Å². The van der Waals surface area contributed by atoms with Gasteiger partial charge in [0, 0.05) is 36.4 Å². The van der Waals surface area contributed by atoms with E-state index in [9.17, 15) is 9.59 Å². The number of amides is 1. The van der Waals surface area contributed by atoms with E-state index in [0.717, 1.165) is 11.3 Å². The van der Waals surface area contributed by atoms with Crippen molar-refractivity contribution in [1.82, 2.24) is 24.4 Å². The molecule has 2 aliphatic heterocycles. The SMILES string of the molecule is C=CC(=O)N1CCN(c2nc(=O)n3c4nc(c(F)cc24)-c2c(F)cccc2NCCCSc2ccnc(C(C)C)c2-3)[C@@H]2CC21. The number of hydrogen-bond acceptors (Lipinski definition) is 8. The van der Waals surface area contributed by atoms with Gasteiger partial charge in [0.15, 0.2) is 11.5 Å². The number of aromatic nitrogens is 4. The molecule has 1 aromatic carbocycles. The number of halogens is 2. The van der Waals surface area contributed by atoms with Crippen molar-refractivity contribution >= 4 is 40.2 Å². The molecule has 5 heterocycles. The van der Waals surface area contributed by atoms with E-state index >= 15 is 8.78 Å². The number of carbonyl (C=O) groups excluding carboxylic acids is 1. The minimum absolute atomic E-state index is 0.00506. The lowest BCUT2D eigenvalue weighted by molar-refractivity contribution is -0.126. The maximum Gasteiger partial charge on any atom is 0.355 e. The third kappa shape index (κ3) is 4.63. The normalized spacial score (nSPS) is 19.3. The molecule has 0 spiro atoms. The van der Waals surface area contributed by atoms with Crippen LogP contribution in [0.2, 0.25) is 0 Å². The summed E-state index contributed by atoms with van der Waals surface area (Å²) in [5.41, 5.74) is 1.05. The number of hydrogen-bond donors (Lipinski definition) is 1. The summed E-state index contributed by atoms with van der Waals surface area (Å²) in [6.45, 7) is 8.96. The fraction of sp³-hybridized carbons (Fsp3) is 0.344. The molecule has 2 fully saturated rings. The van der Waals surface area contributed by atoms with Crippen molar-refractivity contribution in [3.63, 3.8) is 0 Å². The molecule has 1 aliphatic carbocycles. The first kappa shape index (κ1) is 28.5. The Morgan fingerprint density at radius 2 is 2.00 bits per heavy atom. The summed E-state index contributed by atoms with van der Waals surface area (Å²) in [5, 5.41) is 3.59. The lowest BCUT2D eigenvalue weighted by Crippen LogP contribution is -2.49. The van der Waals surface area contributed by atoms with Crippen LogP contribution in [0.25, 0.3) is 28.0 Å². The molecule has 44 heavy (non-hydrogen) atoms. The van der Waals surface area contributed by atoms with Crippen molar-refractivity contribution in [2.24, 2.45) is 0 Å². The van der Waals surface area contributed by atoms with Gasteiger partial charge in [-0.1, -0.05) is 26.5 Å². The number of benzene rings is 1. The summed E-state index contributed by atoms with van der Waals surface area (Å²) in [6, 6.07) is 7.61. The first-order chi connectivity index (χ1) is 21.3. The molecule has 1 saturated heterocycles. The van der Waals surface area contributed by atoms with E-state index in [4.69, 9.17) is 4.98 Å². The third-order valence-corrected chi connectivity index (χ3v) is 9.60. The summed E-state index contributed by atoms with van der Waals surface area (Å²) in [5.74, 6) is -0.528. The highest BCUT2D eigenvalue weighted by Gasteiger charge is 2.51. The average Bonchev–Trinajstić information content (AvgIpc) is 3.81. The van der Waals surface area contributed by atoms with Gasteiger partial charge < -0.3 is 15.1 Å². The fourth-order valence-electron chi connectivity index (χ4n) is 6.35. The summed E-state index contributed by atoms with van der Waals surface area (Å²) < 4.78 is 33.1. The number of fused-ring (bicyclic) bond motifs is 6. The highest BCUT2D eigenvalue weighted by Crippen LogP contribution is 2.42. The minimum Gasteiger partial charge on any atom is -0.384 e. The molecule has 2 bridgehead atoms. The number of piperazine rings is 1. The Hall–Kier alpha value is -4.32. The monoisotopic (exact) mass is 615 g/mol. The molecule has 0 radical (unpaired) electrons. The molecule has 9 nitrogen and oxygen atoms in total. The van der Waals surface area contributed by atoms with Gasteiger partial charge in [-0.3, -0.25) is 9.78 Å². The zero-order valence-corrected chi connectivity index (χ0v) is 25.2. The summed E-state index contributed by atoms with van der Waals surface area (Å²) in [7, 11) is 0. The third-order valence-electron chi connectivity index (χ3n) is 8.47. The van der Waals surface area contributed by atoms with Gasteiger partial charge in [0.05, 0.1) is 34.4 Å². The van der Waals surface area contributed by atoms with E-state index in [0.29, 0.717) is 60.1 Å². The number of anilines is 2. The molecular weight excluding hydrogens is 584 g/mol. The van der Waals surface area contributed by atoms with Crippen molar-refractivity contribution in [1.29, 1.82) is 0 Å². The Morgan fingerprint density at radius 1 is 1.16 bits per heavy atom. The molecule has 3 aliphatic rings. The Labute approximate surface area is 257 Å². The van der Waals surface area contributed by atoms with E-state index < -0.39 is 17.3 Å². The van der Waals surface area contributed by atoms with Crippen LogP contribution >= 0.6 is 11.8 Å². The molecule has 1 N–H and O–H groups in total. The number of carbonyl (C=O) groups is 1. The fourth-order valence-corrected chi connectivity index (χ4v) is 7.34. The number of thioether (sulfide) groups is 1. The van der Waals surface area contributed by atoms with Crippen LogP contribution in [0.15, 0.2) is 58.9 Å². The number of rotatable bonds is 3. The van der Waals surface area contributed by atoms with Gasteiger partial charge in [0.1, 0.15) is 17.3 Å². The van der Waals surface area contributed by atoms with E-state index in [1.807, 2.05) is 24.8 Å². The van der Waals surface area contributed by atoms with Crippen LogP contribution in [0.5, 0.6) is 0 Å². The quantitative estimate of drug-likeness (QED) is 0.317. The Kier molecular flexibility index (Phi) is 7.11. The highest BCUT2D eigenvalue weighted by molar-refractivity contribution is 7.99. The van der Waals surface area contributed by atoms with Crippen LogP contribution in [-0.4, -0.2) is 67.8 Å². The second-order valence-electron chi connectivity index (χ2n) is 11.5.